The molecule has 0 bridgehead atoms. The van der Waals surface area contributed by atoms with Crippen molar-refractivity contribution >= 4 is 13.6 Å². The van der Waals surface area contributed by atoms with Crippen LogP contribution in [-0.4, -0.2) is 45.6 Å². The summed E-state index contributed by atoms with van der Waals surface area (Å²) in [4.78, 5) is 10.5. The van der Waals surface area contributed by atoms with Crippen LogP contribution in [0.5, 0.6) is 0 Å². The Morgan fingerprint density at radius 3 is 2.75 bits per heavy atom. The predicted octanol–water partition coefficient (Wildman–Crippen LogP) is -1.02. The second-order valence-corrected chi connectivity index (χ2v) is 2.31. The Morgan fingerprint density at radius 2 is 2.33 bits per heavy atom. The Hall–Kier alpha value is -0.585. The maximum atomic E-state index is 10.5. The molecule has 0 rings (SSSR count). The fourth-order valence-corrected chi connectivity index (χ4v) is 0.732. The lowest BCUT2D eigenvalue weighted by molar-refractivity contribution is -0.139. The van der Waals surface area contributed by atoms with Gasteiger partial charge in [0.15, 0.2) is 0 Å². The quantitative estimate of drug-likeness (QED) is 0.484. The zero-order chi connectivity index (χ0) is 9.40. The lowest BCUT2D eigenvalue weighted by atomic mass is 10.1. The molecule has 0 aromatic heterocycles. The number of carboxylic acid groups (broad SMARTS) is 1. The Bertz CT molecular complexity index is 125. The number of hydrogen-bond acceptors (Lipinski definition) is 4. The average Bonchev–Trinajstić information content (AvgIpc) is 2.04. The van der Waals surface area contributed by atoms with E-state index in [4.69, 9.17) is 9.84 Å². The van der Waals surface area contributed by atoms with Gasteiger partial charge in [0.1, 0.15) is 0 Å². The van der Waals surface area contributed by atoms with Crippen LogP contribution in [0.1, 0.15) is 6.42 Å². The zero-order valence-corrected chi connectivity index (χ0v) is 7.37. The topological polar surface area (TPSA) is 67.8 Å². The molecule has 0 amide bonds. The van der Waals surface area contributed by atoms with E-state index in [0.717, 1.165) is 0 Å². The molecule has 6 heteroatoms. The first-order valence-corrected chi connectivity index (χ1v) is 3.66. The van der Waals surface area contributed by atoms with Crippen molar-refractivity contribution in [2.45, 2.75) is 12.5 Å². The van der Waals surface area contributed by atoms with Crippen LogP contribution in [-0.2, 0) is 14.2 Å². The van der Waals surface area contributed by atoms with Crippen molar-refractivity contribution in [2.75, 3.05) is 20.8 Å². The second-order valence-electron chi connectivity index (χ2n) is 2.31. The molecule has 0 aliphatic carbocycles. The van der Waals surface area contributed by atoms with E-state index in [1.54, 1.807) is 0 Å². The van der Waals surface area contributed by atoms with Crippen molar-refractivity contribution in [3.8, 4) is 0 Å². The largest absolute Gasteiger partial charge is 0.480 e. The van der Waals surface area contributed by atoms with Crippen LogP contribution >= 0.6 is 0 Å². The van der Waals surface area contributed by atoms with Gasteiger partial charge in [0, 0.05) is 20.8 Å². The molecule has 0 saturated heterocycles. The minimum absolute atomic E-state index is 0.237. The molecule has 0 fully saturated rings. The molecule has 0 aliphatic rings. The van der Waals surface area contributed by atoms with Crippen LogP contribution in [0, 0.1) is 0 Å². The summed E-state index contributed by atoms with van der Waals surface area (Å²) >= 11 is 0. The van der Waals surface area contributed by atoms with E-state index in [0.29, 0.717) is 13.0 Å². The van der Waals surface area contributed by atoms with Gasteiger partial charge in [-0.2, -0.15) is 0 Å². The minimum atomic E-state index is -0.885. The standard InChI is InChI=1S/C6H14BNO4/c1-11-4-3-5(6(9)10)8-7-12-2/h5,7-8H,3-4H2,1-2H3,(H,9,10)/t5-/m0/s1. The van der Waals surface area contributed by atoms with Gasteiger partial charge in [-0.25, -0.2) is 0 Å². The third-order valence-corrected chi connectivity index (χ3v) is 1.38. The lowest BCUT2D eigenvalue weighted by Gasteiger charge is -2.11. The Morgan fingerprint density at radius 1 is 1.67 bits per heavy atom. The molecule has 12 heavy (non-hydrogen) atoms. The fourth-order valence-electron chi connectivity index (χ4n) is 0.732. The molecule has 1 atom stereocenters. The smallest absolute Gasteiger partial charge is 0.361 e. The summed E-state index contributed by atoms with van der Waals surface area (Å²) in [7, 11) is 3.28. The maximum Gasteiger partial charge on any atom is 0.361 e. The highest BCUT2D eigenvalue weighted by Crippen LogP contribution is 1.91. The number of carbonyl (C=O) groups is 1. The minimum Gasteiger partial charge on any atom is -0.480 e. The summed E-state index contributed by atoms with van der Waals surface area (Å²) in [6.45, 7) is 0.424. The molecular formula is C6H14BNO4. The van der Waals surface area contributed by atoms with Crippen molar-refractivity contribution in [1.82, 2.24) is 5.23 Å². The van der Waals surface area contributed by atoms with E-state index in [2.05, 4.69) is 9.88 Å². The SMILES string of the molecule is COBN[C@@H](CCOC)C(=O)O. The molecule has 0 saturated carbocycles. The monoisotopic (exact) mass is 175 g/mol. The van der Waals surface area contributed by atoms with Crippen LogP contribution in [0.25, 0.3) is 0 Å². The number of ether oxygens (including phenoxy) is 1. The highest BCUT2D eigenvalue weighted by Gasteiger charge is 2.15. The first-order chi connectivity index (χ1) is 5.72. The first-order valence-electron chi connectivity index (χ1n) is 3.66. The van der Waals surface area contributed by atoms with Crippen LogP contribution < -0.4 is 5.23 Å². The normalized spacial score (nSPS) is 12.5. The highest BCUT2D eigenvalue weighted by molar-refractivity contribution is 6.24. The second kappa shape index (κ2) is 7.09. The van der Waals surface area contributed by atoms with Gasteiger partial charge in [-0.15, -0.1) is 0 Å². The zero-order valence-electron chi connectivity index (χ0n) is 7.37. The summed E-state index contributed by atoms with van der Waals surface area (Å²) in [5, 5.41) is 11.4. The van der Waals surface area contributed by atoms with Gasteiger partial charge in [0.25, 0.3) is 0 Å². The molecule has 0 aliphatic heterocycles. The molecule has 2 N–H and O–H groups in total. The summed E-state index contributed by atoms with van der Waals surface area (Å²) < 4.78 is 9.45. The van der Waals surface area contributed by atoms with Gasteiger partial charge in [-0.1, -0.05) is 0 Å². The molecule has 0 spiro atoms. The summed E-state index contributed by atoms with van der Waals surface area (Å²) in [5.74, 6) is -0.885. The molecule has 5 nitrogen and oxygen atoms in total. The van der Waals surface area contributed by atoms with E-state index >= 15 is 0 Å². The van der Waals surface area contributed by atoms with Gasteiger partial charge in [-0.05, 0) is 6.42 Å². The Balaban J connectivity index is 3.62. The highest BCUT2D eigenvalue weighted by atomic mass is 16.5. The van der Waals surface area contributed by atoms with Crippen LogP contribution in [0.4, 0.5) is 0 Å². The lowest BCUT2D eigenvalue weighted by Crippen LogP contribution is -2.40. The average molecular weight is 175 g/mol. The number of methoxy groups -OCH3 is 1. The van der Waals surface area contributed by atoms with E-state index in [9.17, 15) is 4.79 Å². The number of nitrogens with one attached hydrogen (secondary N) is 1. The third kappa shape index (κ3) is 5.12. The van der Waals surface area contributed by atoms with Gasteiger partial charge in [0.2, 0.25) is 0 Å². The fraction of sp³-hybridized carbons (Fsp3) is 0.833. The van der Waals surface area contributed by atoms with Crippen LogP contribution in [0.3, 0.4) is 0 Å². The number of hydrogen-bond donors (Lipinski definition) is 2. The Labute approximate surface area is 72.3 Å². The number of carboxylic acids is 1. The number of aliphatic carboxylic acids is 1. The molecule has 0 heterocycles. The van der Waals surface area contributed by atoms with Crippen molar-refractivity contribution in [3.05, 3.63) is 0 Å². The third-order valence-electron chi connectivity index (χ3n) is 1.38. The van der Waals surface area contributed by atoms with Crippen molar-refractivity contribution in [1.29, 1.82) is 0 Å². The molecule has 70 valence electrons. The molecule has 0 unspecified atom stereocenters. The van der Waals surface area contributed by atoms with Crippen LogP contribution in [0.15, 0.2) is 0 Å². The summed E-state index contributed by atoms with van der Waals surface area (Å²) in [5.41, 5.74) is 0. The maximum absolute atomic E-state index is 10.5. The predicted molar refractivity (Wildman–Crippen MR) is 45.2 cm³/mol. The van der Waals surface area contributed by atoms with Crippen molar-refractivity contribution in [2.24, 2.45) is 0 Å². The van der Waals surface area contributed by atoms with Gasteiger partial charge in [0.05, 0.1) is 6.04 Å². The van der Waals surface area contributed by atoms with Crippen LogP contribution in [0.2, 0.25) is 0 Å². The molecular weight excluding hydrogens is 161 g/mol. The molecule has 0 radical (unpaired) electrons. The molecule has 0 aromatic carbocycles. The van der Waals surface area contributed by atoms with Crippen molar-refractivity contribution < 1.29 is 19.3 Å². The molecule has 0 aromatic rings. The summed E-state index contributed by atoms with van der Waals surface area (Å²) in [6.07, 6.45) is 0.440. The Kier molecular flexibility index (Phi) is 6.74. The van der Waals surface area contributed by atoms with Gasteiger partial charge >= 0.3 is 13.6 Å². The van der Waals surface area contributed by atoms with E-state index in [1.807, 2.05) is 0 Å². The first kappa shape index (κ1) is 11.4. The van der Waals surface area contributed by atoms with E-state index in [1.165, 1.54) is 14.2 Å². The van der Waals surface area contributed by atoms with E-state index in [-0.39, 0.29) is 7.62 Å². The van der Waals surface area contributed by atoms with Gasteiger partial charge in [-0.3, -0.25) is 4.79 Å². The number of rotatable bonds is 7. The van der Waals surface area contributed by atoms with Gasteiger partial charge < -0.3 is 19.7 Å². The van der Waals surface area contributed by atoms with Crippen molar-refractivity contribution in [3.63, 3.8) is 0 Å². The van der Waals surface area contributed by atoms with E-state index < -0.39 is 12.0 Å². The summed E-state index contributed by atoms with van der Waals surface area (Å²) in [6, 6.07) is -0.593.